The topological polar surface area (TPSA) is 67.4 Å². The van der Waals surface area contributed by atoms with E-state index in [4.69, 9.17) is 4.74 Å². The molecule has 0 aliphatic heterocycles. The van der Waals surface area contributed by atoms with Crippen LogP contribution in [0.3, 0.4) is 0 Å². The van der Waals surface area contributed by atoms with Crippen molar-refractivity contribution < 1.29 is 13.2 Å². The molecule has 7 heteroatoms. The second kappa shape index (κ2) is 6.36. The van der Waals surface area contributed by atoms with E-state index in [1.54, 1.807) is 49.5 Å². The molecule has 2 rings (SSSR count). The summed E-state index contributed by atoms with van der Waals surface area (Å²) in [4.78, 5) is 0.187. The van der Waals surface area contributed by atoms with E-state index in [0.717, 1.165) is 4.47 Å². The Kier molecular flexibility index (Phi) is 4.74. The number of anilines is 2. The number of hydrogen-bond acceptors (Lipinski definition) is 4. The molecule has 0 bridgehead atoms. The first-order valence-corrected chi connectivity index (χ1v) is 8.38. The summed E-state index contributed by atoms with van der Waals surface area (Å²) >= 11 is 3.32. The molecule has 112 valence electrons. The van der Waals surface area contributed by atoms with Gasteiger partial charge in [0.25, 0.3) is 10.0 Å². The van der Waals surface area contributed by atoms with E-state index in [2.05, 4.69) is 26.0 Å². The lowest BCUT2D eigenvalue weighted by Crippen LogP contribution is -2.14. The van der Waals surface area contributed by atoms with Gasteiger partial charge in [0, 0.05) is 17.6 Å². The normalized spacial score (nSPS) is 11.0. The first-order chi connectivity index (χ1) is 9.96. The molecule has 2 aromatic carbocycles. The van der Waals surface area contributed by atoms with E-state index in [1.807, 2.05) is 0 Å². The summed E-state index contributed by atoms with van der Waals surface area (Å²) in [5.41, 5.74) is 0.957. The maximum absolute atomic E-state index is 12.5. The summed E-state index contributed by atoms with van der Waals surface area (Å²) in [6, 6.07) is 11.7. The molecule has 0 saturated carbocycles. The van der Waals surface area contributed by atoms with Gasteiger partial charge in [-0.05, 0) is 24.3 Å². The third kappa shape index (κ3) is 3.68. The number of ether oxygens (including phenoxy) is 1. The van der Waals surface area contributed by atoms with Crippen LogP contribution >= 0.6 is 15.9 Å². The van der Waals surface area contributed by atoms with Crippen LogP contribution in [0.2, 0.25) is 0 Å². The van der Waals surface area contributed by atoms with Crippen LogP contribution in [-0.4, -0.2) is 22.6 Å². The van der Waals surface area contributed by atoms with E-state index in [0.29, 0.717) is 17.1 Å². The van der Waals surface area contributed by atoms with Crippen molar-refractivity contribution in [3.8, 4) is 5.75 Å². The largest absolute Gasteiger partial charge is 0.497 e. The van der Waals surface area contributed by atoms with Crippen LogP contribution < -0.4 is 14.8 Å². The molecule has 0 unspecified atom stereocenters. The van der Waals surface area contributed by atoms with Gasteiger partial charge >= 0.3 is 0 Å². The number of hydrogen-bond donors (Lipinski definition) is 2. The van der Waals surface area contributed by atoms with Gasteiger partial charge in [-0.1, -0.05) is 28.1 Å². The zero-order valence-corrected chi connectivity index (χ0v) is 14.0. The lowest BCUT2D eigenvalue weighted by Gasteiger charge is -2.13. The molecule has 0 radical (unpaired) electrons. The number of para-hydroxylation sites is 1. The summed E-state index contributed by atoms with van der Waals surface area (Å²) in [6.45, 7) is 0. The van der Waals surface area contributed by atoms with Crippen molar-refractivity contribution in [3.05, 3.63) is 46.9 Å². The zero-order chi connectivity index (χ0) is 15.5. The maximum atomic E-state index is 12.5. The second-order valence-electron chi connectivity index (χ2n) is 4.23. The van der Waals surface area contributed by atoms with Crippen LogP contribution in [-0.2, 0) is 10.0 Å². The molecule has 0 fully saturated rings. The zero-order valence-electron chi connectivity index (χ0n) is 11.6. The SMILES string of the molecule is CNc1ccccc1S(=O)(=O)Nc1cc(Br)cc(OC)c1. The first kappa shape index (κ1) is 15.7. The number of methoxy groups -OCH3 is 1. The first-order valence-electron chi connectivity index (χ1n) is 6.10. The minimum absolute atomic E-state index is 0.187. The van der Waals surface area contributed by atoms with E-state index >= 15 is 0 Å². The van der Waals surface area contributed by atoms with Crippen LogP contribution in [0.5, 0.6) is 5.75 Å². The fourth-order valence-corrected chi connectivity index (χ4v) is 3.58. The fourth-order valence-electron chi connectivity index (χ4n) is 1.86. The molecule has 0 saturated heterocycles. The van der Waals surface area contributed by atoms with Crippen LogP contribution in [0.25, 0.3) is 0 Å². The quantitative estimate of drug-likeness (QED) is 0.847. The van der Waals surface area contributed by atoms with Gasteiger partial charge in [0.1, 0.15) is 10.6 Å². The molecule has 0 aliphatic rings. The Balaban J connectivity index is 2.40. The summed E-state index contributed by atoms with van der Waals surface area (Å²) in [6.07, 6.45) is 0. The molecule has 0 heterocycles. The van der Waals surface area contributed by atoms with Gasteiger partial charge < -0.3 is 10.1 Å². The number of rotatable bonds is 5. The smallest absolute Gasteiger partial charge is 0.263 e. The predicted molar refractivity (Wildman–Crippen MR) is 87.5 cm³/mol. The Morgan fingerprint density at radius 3 is 2.52 bits per heavy atom. The van der Waals surface area contributed by atoms with Crippen LogP contribution in [0, 0.1) is 0 Å². The molecule has 0 atom stereocenters. The van der Waals surface area contributed by atoms with Gasteiger partial charge in [0.15, 0.2) is 0 Å². The molecule has 2 aromatic rings. The van der Waals surface area contributed by atoms with E-state index < -0.39 is 10.0 Å². The Morgan fingerprint density at radius 2 is 1.86 bits per heavy atom. The van der Waals surface area contributed by atoms with Gasteiger partial charge in [-0.3, -0.25) is 4.72 Å². The van der Waals surface area contributed by atoms with Crippen molar-refractivity contribution in [1.82, 2.24) is 0 Å². The summed E-state index contributed by atoms with van der Waals surface area (Å²) in [5.74, 6) is 0.559. The molecule has 0 aliphatic carbocycles. The second-order valence-corrected chi connectivity index (χ2v) is 6.80. The Labute approximate surface area is 132 Å². The van der Waals surface area contributed by atoms with E-state index in [-0.39, 0.29) is 4.90 Å². The maximum Gasteiger partial charge on any atom is 0.263 e. The van der Waals surface area contributed by atoms with Gasteiger partial charge in [0.2, 0.25) is 0 Å². The van der Waals surface area contributed by atoms with Gasteiger partial charge in [-0.15, -0.1) is 0 Å². The number of halogens is 1. The molecular formula is C14H15BrN2O3S. The number of sulfonamides is 1. The van der Waals surface area contributed by atoms with Crippen molar-refractivity contribution in [2.45, 2.75) is 4.90 Å². The minimum atomic E-state index is -3.69. The standard InChI is InChI=1S/C14H15BrN2O3S/c1-16-13-5-3-4-6-14(13)21(18,19)17-11-7-10(15)8-12(9-11)20-2/h3-9,16-17H,1-2H3. The van der Waals surface area contributed by atoms with E-state index in [1.165, 1.54) is 7.11 Å². The lowest BCUT2D eigenvalue weighted by molar-refractivity contribution is 0.415. The Hall–Kier alpha value is -1.73. The van der Waals surface area contributed by atoms with E-state index in [9.17, 15) is 8.42 Å². The van der Waals surface area contributed by atoms with Gasteiger partial charge in [-0.25, -0.2) is 8.42 Å². The monoisotopic (exact) mass is 370 g/mol. The predicted octanol–water partition coefficient (Wildman–Crippen LogP) is 3.30. The third-order valence-electron chi connectivity index (χ3n) is 2.81. The van der Waals surface area contributed by atoms with Crippen molar-refractivity contribution in [3.63, 3.8) is 0 Å². The van der Waals surface area contributed by atoms with Gasteiger partial charge in [-0.2, -0.15) is 0 Å². The van der Waals surface area contributed by atoms with Crippen LogP contribution in [0.1, 0.15) is 0 Å². The summed E-state index contributed by atoms with van der Waals surface area (Å²) < 4.78 is 33.4. The highest BCUT2D eigenvalue weighted by Gasteiger charge is 2.18. The summed E-state index contributed by atoms with van der Waals surface area (Å²) in [5, 5.41) is 2.87. The van der Waals surface area contributed by atoms with Crippen LogP contribution in [0.15, 0.2) is 51.8 Å². The van der Waals surface area contributed by atoms with Crippen molar-refractivity contribution >= 4 is 37.3 Å². The lowest BCUT2D eigenvalue weighted by atomic mass is 10.3. The van der Waals surface area contributed by atoms with Crippen molar-refractivity contribution in [1.29, 1.82) is 0 Å². The fraction of sp³-hybridized carbons (Fsp3) is 0.143. The summed E-state index contributed by atoms with van der Waals surface area (Å²) in [7, 11) is -0.485. The average molecular weight is 371 g/mol. The Bertz CT molecular complexity index is 748. The Morgan fingerprint density at radius 1 is 1.14 bits per heavy atom. The average Bonchev–Trinajstić information content (AvgIpc) is 2.46. The number of benzene rings is 2. The molecule has 0 spiro atoms. The molecule has 5 nitrogen and oxygen atoms in total. The van der Waals surface area contributed by atoms with Crippen LogP contribution in [0.4, 0.5) is 11.4 Å². The van der Waals surface area contributed by atoms with Crippen molar-refractivity contribution in [2.24, 2.45) is 0 Å². The highest BCUT2D eigenvalue weighted by Crippen LogP contribution is 2.28. The molecular weight excluding hydrogens is 356 g/mol. The van der Waals surface area contributed by atoms with Crippen molar-refractivity contribution in [2.75, 3.05) is 24.2 Å². The molecule has 0 aromatic heterocycles. The molecule has 2 N–H and O–H groups in total. The molecule has 0 amide bonds. The van der Waals surface area contributed by atoms with Gasteiger partial charge in [0.05, 0.1) is 18.5 Å². The highest BCUT2D eigenvalue weighted by atomic mass is 79.9. The number of nitrogens with one attached hydrogen (secondary N) is 2. The minimum Gasteiger partial charge on any atom is -0.497 e. The highest BCUT2D eigenvalue weighted by molar-refractivity contribution is 9.10. The molecule has 21 heavy (non-hydrogen) atoms. The third-order valence-corrected chi connectivity index (χ3v) is 4.70.